The van der Waals surface area contributed by atoms with Crippen molar-refractivity contribution in [1.29, 1.82) is 0 Å². The van der Waals surface area contributed by atoms with Crippen LogP contribution in [0.3, 0.4) is 0 Å². The number of nitrogens with zero attached hydrogens (tertiary/aromatic N) is 1. The second-order valence-corrected chi connectivity index (χ2v) is 15.7. The minimum Gasteiger partial charge on any atom is -0.456 e. The molecule has 0 fully saturated rings. The molecule has 2 heteroatoms. The van der Waals surface area contributed by atoms with Gasteiger partial charge < -0.3 is 9.32 Å². The fraction of sp³-hybridized carbons (Fsp3) is 0. The van der Waals surface area contributed by atoms with Crippen molar-refractivity contribution in [2.24, 2.45) is 0 Å². The van der Waals surface area contributed by atoms with Gasteiger partial charge in [0.25, 0.3) is 0 Å². The number of fused-ring (bicyclic) bond motifs is 2. The van der Waals surface area contributed by atoms with E-state index in [1.54, 1.807) is 0 Å². The molecule has 0 aliphatic rings. The maximum atomic E-state index is 6.18. The Kier molecular flexibility index (Phi) is 9.57. The molecule has 1 heterocycles. The van der Waals surface area contributed by atoms with Crippen LogP contribution in [0.15, 0.2) is 253 Å². The molecule has 10 aromatic carbocycles. The first kappa shape index (κ1) is 36.8. The fourth-order valence-electron chi connectivity index (χ4n) is 8.81. The summed E-state index contributed by atoms with van der Waals surface area (Å²) < 4.78 is 6.18. The van der Waals surface area contributed by atoms with Crippen molar-refractivity contribution in [3.05, 3.63) is 249 Å². The lowest BCUT2D eigenvalue weighted by Crippen LogP contribution is -2.10. The van der Waals surface area contributed by atoms with Gasteiger partial charge in [0.2, 0.25) is 0 Å². The minimum atomic E-state index is 0.879. The average molecular weight is 792 g/mol. The van der Waals surface area contributed by atoms with Crippen LogP contribution in [0.25, 0.3) is 88.7 Å². The van der Waals surface area contributed by atoms with Crippen LogP contribution in [0.5, 0.6) is 0 Å². The maximum absolute atomic E-state index is 6.18. The molecule has 11 aromatic rings. The molecule has 0 saturated heterocycles. The van der Waals surface area contributed by atoms with Gasteiger partial charge in [-0.15, -0.1) is 0 Å². The van der Waals surface area contributed by atoms with Gasteiger partial charge in [0, 0.05) is 27.7 Å². The molecule has 292 valence electrons. The number of benzene rings is 10. The number of hydrogen-bond donors (Lipinski definition) is 0. The van der Waals surface area contributed by atoms with E-state index in [2.05, 4.69) is 235 Å². The highest BCUT2D eigenvalue weighted by Crippen LogP contribution is 2.42. The largest absolute Gasteiger partial charge is 0.456 e. The van der Waals surface area contributed by atoms with Gasteiger partial charge >= 0.3 is 0 Å². The summed E-state index contributed by atoms with van der Waals surface area (Å²) in [6.45, 7) is 0. The number of rotatable bonds is 9. The van der Waals surface area contributed by atoms with Crippen LogP contribution >= 0.6 is 0 Å². The molecule has 0 N–H and O–H groups in total. The Morgan fingerprint density at radius 3 is 1.39 bits per heavy atom. The average Bonchev–Trinajstić information content (AvgIpc) is 3.80. The van der Waals surface area contributed by atoms with E-state index in [0.29, 0.717) is 0 Å². The highest BCUT2D eigenvalue weighted by atomic mass is 16.3. The zero-order valence-electron chi connectivity index (χ0n) is 34.0. The van der Waals surface area contributed by atoms with E-state index in [1.807, 2.05) is 18.2 Å². The summed E-state index contributed by atoms with van der Waals surface area (Å²) >= 11 is 0. The first-order chi connectivity index (χ1) is 30.7. The van der Waals surface area contributed by atoms with E-state index < -0.39 is 0 Å². The molecule has 0 amide bonds. The van der Waals surface area contributed by atoms with Gasteiger partial charge in [-0.25, -0.2) is 0 Å². The van der Waals surface area contributed by atoms with Gasteiger partial charge in [0.1, 0.15) is 11.3 Å². The Balaban J connectivity index is 0.916. The Morgan fingerprint density at radius 1 is 0.274 bits per heavy atom. The summed E-state index contributed by atoms with van der Waals surface area (Å²) in [5.74, 6) is 0.879. The zero-order valence-corrected chi connectivity index (χ0v) is 34.0. The molecule has 0 atom stereocenters. The summed E-state index contributed by atoms with van der Waals surface area (Å²) in [6.07, 6.45) is 0. The van der Waals surface area contributed by atoms with Gasteiger partial charge in [-0.3, -0.25) is 0 Å². The lowest BCUT2D eigenvalue weighted by molar-refractivity contribution is 0.631. The molecule has 0 unspecified atom stereocenters. The number of furan rings is 1. The third-order valence-corrected chi connectivity index (χ3v) is 11.9. The lowest BCUT2D eigenvalue weighted by Gasteiger charge is -2.27. The predicted molar refractivity (Wildman–Crippen MR) is 261 cm³/mol. The lowest BCUT2D eigenvalue weighted by atomic mass is 9.89. The second kappa shape index (κ2) is 16.1. The highest BCUT2D eigenvalue weighted by molar-refractivity contribution is 5.99. The van der Waals surface area contributed by atoms with Gasteiger partial charge in [0.05, 0.1) is 5.69 Å². The molecule has 0 bridgehead atoms. The summed E-state index contributed by atoms with van der Waals surface area (Å²) in [6, 6.07) is 89.0. The van der Waals surface area contributed by atoms with Crippen molar-refractivity contribution >= 4 is 38.8 Å². The van der Waals surface area contributed by atoms with Crippen molar-refractivity contribution < 1.29 is 4.42 Å². The van der Waals surface area contributed by atoms with E-state index in [9.17, 15) is 0 Å². The number of anilines is 3. The van der Waals surface area contributed by atoms with E-state index in [-0.39, 0.29) is 0 Å². The molecule has 0 radical (unpaired) electrons. The molecule has 0 saturated carbocycles. The van der Waals surface area contributed by atoms with Crippen LogP contribution in [-0.2, 0) is 0 Å². The molecule has 1 aromatic heterocycles. The summed E-state index contributed by atoms with van der Waals surface area (Å²) in [4.78, 5) is 2.38. The fourth-order valence-corrected chi connectivity index (χ4v) is 8.81. The Hall–Kier alpha value is -8.20. The van der Waals surface area contributed by atoms with Crippen molar-refractivity contribution in [2.75, 3.05) is 4.90 Å². The van der Waals surface area contributed by atoms with Gasteiger partial charge in [0.15, 0.2) is 0 Å². The number of hydrogen-bond acceptors (Lipinski definition) is 2. The SMILES string of the molecule is c1ccc(-c2ccccc2-c2ccccc2-c2ccc(N(c3ccc(-c4ccc(-c5cccc(-c6cc7ccccc7o6)c5)cc4)cc3)c3cccc4ccccc34)cc2)cc1. The maximum Gasteiger partial charge on any atom is 0.135 e. The Labute approximate surface area is 362 Å². The zero-order chi connectivity index (χ0) is 41.2. The van der Waals surface area contributed by atoms with Crippen LogP contribution in [0.2, 0.25) is 0 Å². The van der Waals surface area contributed by atoms with Crippen molar-refractivity contribution in [1.82, 2.24) is 0 Å². The van der Waals surface area contributed by atoms with Crippen molar-refractivity contribution in [2.45, 2.75) is 0 Å². The molecule has 2 nitrogen and oxygen atoms in total. The van der Waals surface area contributed by atoms with E-state index >= 15 is 0 Å². The van der Waals surface area contributed by atoms with E-state index in [0.717, 1.165) is 56.0 Å². The predicted octanol–water partition coefficient (Wildman–Crippen LogP) is 17.1. The first-order valence-corrected chi connectivity index (χ1v) is 21.2. The van der Waals surface area contributed by atoms with Crippen molar-refractivity contribution in [3.8, 4) is 67.0 Å². The number of para-hydroxylation sites is 1. The molecular formula is C60H41NO. The third-order valence-electron chi connectivity index (χ3n) is 11.9. The molecule has 0 spiro atoms. The van der Waals surface area contributed by atoms with E-state index in [1.165, 1.54) is 49.7 Å². The van der Waals surface area contributed by atoms with E-state index in [4.69, 9.17) is 4.42 Å². The second-order valence-electron chi connectivity index (χ2n) is 15.7. The molecule has 11 rings (SSSR count). The highest BCUT2D eigenvalue weighted by Gasteiger charge is 2.18. The monoisotopic (exact) mass is 791 g/mol. The molecule has 0 aliphatic carbocycles. The summed E-state index contributed by atoms with van der Waals surface area (Å²) in [5, 5.41) is 3.52. The molecule has 62 heavy (non-hydrogen) atoms. The summed E-state index contributed by atoms with van der Waals surface area (Å²) in [5.41, 5.74) is 17.2. The molecule has 0 aliphatic heterocycles. The van der Waals surface area contributed by atoms with Gasteiger partial charge in [-0.2, -0.15) is 0 Å². The summed E-state index contributed by atoms with van der Waals surface area (Å²) in [7, 11) is 0. The quantitative estimate of drug-likeness (QED) is 0.145. The van der Waals surface area contributed by atoms with Crippen LogP contribution in [0.1, 0.15) is 0 Å². The van der Waals surface area contributed by atoms with Crippen LogP contribution in [-0.4, -0.2) is 0 Å². The third kappa shape index (κ3) is 7.04. The van der Waals surface area contributed by atoms with Crippen LogP contribution in [0.4, 0.5) is 17.1 Å². The van der Waals surface area contributed by atoms with Gasteiger partial charge in [-0.1, -0.05) is 200 Å². The smallest absolute Gasteiger partial charge is 0.135 e. The minimum absolute atomic E-state index is 0.879. The molecular weight excluding hydrogens is 751 g/mol. The Bertz CT molecular complexity index is 3290. The van der Waals surface area contributed by atoms with Crippen molar-refractivity contribution in [3.63, 3.8) is 0 Å². The first-order valence-electron chi connectivity index (χ1n) is 21.2. The van der Waals surface area contributed by atoms with Crippen LogP contribution in [0, 0.1) is 0 Å². The Morgan fingerprint density at radius 2 is 0.726 bits per heavy atom. The normalized spacial score (nSPS) is 11.2. The van der Waals surface area contributed by atoms with Gasteiger partial charge in [-0.05, 0) is 110 Å². The standard InChI is InChI=1S/C60H41NO/c1-2-14-45(15-3-1)53-21-7-9-24-56(53)57-25-10-8-22-54(57)47-34-38-52(39-35-47)61(58-26-13-18-46-16-4-6-23-55(46)58)51-36-32-43(33-37-51)42-28-30-44(31-29-42)48-19-12-20-49(40-48)60-41-50-17-5-11-27-59(50)62-60/h1-41H. The van der Waals surface area contributed by atoms with Crippen LogP contribution < -0.4 is 4.90 Å². The topological polar surface area (TPSA) is 16.4 Å².